The van der Waals surface area contributed by atoms with Crippen molar-refractivity contribution in [2.75, 3.05) is 33.7 Å². The average molecular weight is 199 g/mol. The van der Waals surface area contributed by atoms with Gasteiger partial charge in [-0.15, -0.1) is 0 Å². The van der Waals surface area contributed by atoms with Crippen LogP contribution >= 0.6 is 0 Å². The summed E-state index contributed by atoms with van der Waals surface area (Å²) in [4.78, 5) is 15.3. The topological polar surface area (TPSA) is 49.6 Å². The molecule has 1 amide bonds. The van der Waals surface area contributed by atoms with E-state index in [1.807, 2.05) is 19.0 Å². The lowest BCUT2D eigenvalue weighted by atomic mass is 9.90. The maximum atomic E-state index is 11.3. The molecule has 1 rings (SSSR count). The van der Waals surface area contributed by atoms with Gasteiger partial charge in [0.1, 0.15) is 6.04 Å². The van der Waals surface area contributed by atoms with Crippen LogP contribution in [0, 0.1) is 5.41 Å². The molecule has 4 nitrogen and oxygen atoms in total. The molecule has 0 spiro atoms. The molecule has 0 aromatic heterocycles. The maximum absolute atomic E-state index is 11.3. The van der Waals surface area contributed by atoms with Crippen molar-refractivity contribution < 1.29 is 4.79 Å². The fraction of sp³-hybridized carbons (Fsp3) is 0.900. The van der Waals surface area contributed by atoms with Crippen LogP contribution in [-0.4, -0.2) is 55.5 Å². The highest BCUT2D eigenvalue weighted by Gasteiger charge is 2.36. The van der Waals surface area contributed by atoms with E-state index in [0.717, 1.165) is 19.6 Å². The molecule has 0 bridgehead atoms. The van der Waals surface area contributed by atoms with Crippen molar-refractivity contribution >= 4 is 5.91 Å². The number of amides is 1. The van der Waals surface area contributed by atoms with Gasteiger partial charge < -0.3 is 15.5 Å². The second-order valence-corrected chi connectivity index (χ2v) is 5.23. The van der Waals surface area contributed by atoms with E-state index in [1.165, 1.54) is 0 Å². The van der Waals surface area contributed by atoms with Crippen LogP contribution in [0.15, 0.2) is 0 Å². The molecule has 1 heterocycles. The zero-order chi connectivity index (χ0) is 10.9. The Balaban J connectivity index is 2.40. The molecule has 14 heavy (non-hydrogen) atoms. The lowest BCUT2D eigenvalue weighted by molar-refractivity contribution is -0.144. The number of β-lactam (4-membered cyclic amide) rings is 1. The summed E-state index contributed by atoms with van der Waals surface area (Å²) < 4.78 is 0. The first-order chi connectivity index (χ1) is 6.32. The molecule has 0 radical (unpaired) electrons. The second-order valence-electron chi connectivity index (χ2n) is 5.23. The number of carbonyl (C=O) groups is 1. The lowest BCUT2D eigenvalue weighted by Gasteiger charge is -2.42. The van der Waals surface area contributed by atoms with Crippen molar-refractivity contribution in [2.24, 2.45) is 11.1 Å². The summed E-state index contributed by atoms with van der Waals surface area (Å²) in [6.07, 6.45) is 0. The number of nitrogens with two attached hydrogens (primary N) is 1. The second kappa shape index (κ2) is 3.87. The van der Waals surface area contributed by atoms with Gasteiger partial charge in [0, 0.05) is 19.6 Å². The normalized spacial score (nSPS) is 22.9. The van der Waals surface area contributed by atoms with Crippen LogP contribution in [0.2, 0.25) is 0 Å². The van der Waals surface area contributed by atoms with Crippen LogP contribution in [-0.2, 0) is 4.79 Å². The van der Waals surface area contributed by atoms with Gasteiger partial charge in [0.15, 0.2) is 0 Å². The Morgan fingerprint density at radius 2 is 2.14 bits per heavy atom. The minimum Gasteiger partial charge on any atom is -0.339 e. The Hall–Kier alpha value is -0.610. The van der Waals surface area contributed by atoms with E-state index in [-0.39, 0.29) is 17.4 Å². The van der Waals surface area contributed by atoms with Crippen LogP contribution in [0.5, 0.6) is 0 Å². The van der Waals surface area contributed by atoms with Crippen LogP contribution in [0.25, 0.3) is 0 Å². The third-order valence-electron chi connectivity index (χ3n) is 2.41. The Morgan fingerprint density at radius 1 is 1.57 bits per heavy atom. The van der Waals surface area contributed by atoms with Crippen molar-refractivity contribution in [2.45, 2.75) is 19.9 Å². The number of carbonyl (C=O) groups excluding carboxylic acids is 1. The summed E-state index contributed by atoms with van der Waals surface area (Å²) in [5.41, 5.74) is 5.67. The lowest BCUT2D eigenvalue weighted by Crippen LogP contribution is -2.63. The molecule has 2 N–H and O–H groups in total. The standard InChI is InChI=1S/C10H21N3O/c1-10(2,6-12(3)4)7-13-5-8(11)9(13)14/h8H,5-7,11H2,1-4H3. The van der Waals surface area contributed by atoms with Crippen LogP contribution in [0.1, 0.15) is 13.8 Å². The monoisotopic (exact) mass is 199 g/mol. The summed E-state index contributed by atoms with van der Waals surface area (Å²) in [6, 6.07) is -0.245. The molecule has 0 saturated carbocycles. The van der Waals surface area contributed by atoms with Gasteiger partial charge in [-0.1, -0.05) is 13.8 Å². The third kappa shape index (κ3) is 2.69. The van der Waals surface area contributed by atoms with Gasteiger partial charge in [-0.3, -0.25) is 4.79 Å². The minimum absolute atomic E-state index is 0.0943. The Kier molecular flexibility index (Phi) is 3.17. The smallest absolute Gasteiger partial charge is 0.241 e. The van der Waals surface area contributed by atoms with E-state index >= 15 is 0 Å². The molecular weight excluding hydrogens is 178 g/mol. The highest BCUT2D eigenvalue weighted by atomic mass is 16.2. The number of hydrogen-bond acceptors (Lipinski definition) is 3. The van der Waals surface area contributed by atoms with Crippen LogP contribution in [0.3, 0.4) is 0 Å². The molecule has 1 aliphatic rings. The van der Waals surface area contributed by atoms with Gasteiger partial charge >= 0.3 is 0 Å². The maximum Gasteiger partial charge on any atom is 0.241 e. The summed E-state index contributed by atoms with van der Waals surface area (Å²) >= 11 is 0. The summed E-state index contributed by atoms with van der Waals surface area (Å²) in [5, 5.41) is 0. The first-order valence-electron chi connectivity index (χ1n) is 5.01. The molecule has 82 valence electrons. The Morgan fingerprint density at radius 3 is 2.50 bits per heavy atom. The predicted octanol–water partition coefficient (Wildman–Crippen LogP) is -0.256. The highest BCUT2D eigenvalue weighted by molar-refractivity contribution is 5.87. The predicted molar refractivity (Wildman–Crippen MR) is 56.9 cm³/mol. The van der Waals surface area contributed by atoms with Gasteiger partial charge in [-0.05, 0) is 19.5 Å². The number of nitrogens with zero attached hydrogens (tertiary/aromatic N) is 2. The van der Waals surface area contributed by atoms with Crippen LogP contribution in [0.4, 0.5) is 0 Å². The molecule has 1 atom stereocenters. The van der Waals surface area contributed by atoms with Gasteiger partial charge in [0.2, 0.25) is 5.91 Å². The SMILES string of the molecule is CN(C)CC(C)(C)CN1CC(N)C1=O. The van der Waals surface area contributed by atoms with Gasteiger partial charge in [0.05, 0.1) is 0 Å². The Labute approximate surface area is 86.0 Å². The van der Waals surface area contributed by atoms with E-state index < -0.39 is 0 Å². The molecule has 1 aliphatic heterocycles. The van der Waals surface area contributed by atoms with Gasteiger partial charge in [0.25, 0.3) is 0 Å². The average Bonchev–Trinajstić information content (AvgIpc) is 2.00. The number of hydrogen-bond donors (Lipinski definition) is 1. The molecular formula is C10H21N3O. The van der Waals surface area contributed by atoms with E-state index in [4.69, 9.17) is 5.73 Å². The van der Waals surface area contributed by atoms with E-state index in [0.29, 0.717) is 0 Å². The fourth-order valence-electron chi connectivity index (χ4n) is 2.09. The molecule has 0 aliphatic carbocycles. The van der Waals surface area contributed by atoms with E-state index in [2.05, 4.69) is 18.7 Å². The van der Waals surface area contributed by atoms with Gasteiger partial charge in [-0.25, -0.2) is 0 Å². The first-order valence-corrected chi connectivity index (χ1v) is 5.01. The molecule has 0 aromatic carbocycles. The number of likely N-dealkylation sites (tertiary alicyclic amines) is 1. The zero-order valence-corrected chi connectivity index (χ0v) is 9.58. The van der Waals surface area contributed by atoms with E-state index in [9.17, 15) is 4.79 Å². The summed E-state index contributed by atoms with van der Waals surface area (Å²) in [6.45, 7) is 6.84. The van der Waals surface area contributed by atoms with Crippen molar-refractivity contribution in [1.82, 2.24) is 9.80 Å². The minimum atomic E-state index is -0.245. The highest BCUT2D eigenvalue weighted by Crippen LogP contribution is 2.21. The van der Waals surface area contributed by atoms with Crippen molar-refractivity contribution in [3.8, 4) is 0 Å². The van der Waals surface area contributed by atoms with Gasteiger partial charge in [-0.2, -0.15) is 0 Å². The molecule has 4 heteroatoms. The van der Waals surface area contributed by atoms with Crippen molar-refractivity contribution in [3.05, 3.63) is 0 Å². The van der Waals surface area contributed by atoms with E-state index in [1.54, 1.807) is 0 Å². The molecule has 1 fully saturated rings. The molecule has 0 aromatic rings. The molecule has 1 saturated heterocycles. The third-order valence-corrected chi connectivity index (χ3v) is 2.41. The summed E-state index contributed by atoms with van der Waals surface area (Å²) in [7, 11) is 4.09. The first kappa shape index (κ1) is 11.5. The fourth-order valence-corrected chi connectivity index (χ4v) is 2.09. The quantitative estimate of drug-likeness (QED) is 0.635. The van der Waals surface area contributed by atoms with Crippen molar-refractivity contribution in [3.63, 3.8) is 0 Å². The molecule has 1 unspecified atom stereocenters. The zero-order valence-electron chi connectivity index (χ0n) is 9.58. The summed E-state index contributed by atoms with van der Waals surface area (Å²) in [5.74, 6) is 0.0943. The Bertz CT molecular complexity index is 225. The van der Waals surface area contributed by atoms with Crippen molar-refractivity contribution in [1.29, 1.82) is 0 Å². The van der Waals surface area contributed by atoms with Crippen LogP contribution < -0.4 is 5.73 Å². The number of rotatable bonds is 4. The largest absolute Gasteiger partial charge is 0.339 e.